The Hall–Kier alpha value is -3.53. The molecule has 1 N–H and O–H groups in total. The predicted molar refractivity (Wildman–Crippen MR) is 122 cm³/mol. The maximum Gasteiger partial charge on any atom is 0.328 e. The summed E-state index contributed by atoms with van der Waals surface area (Å²) >= 11 is 0. The third kappa shape index (κ3) is 4.48. The number of hydrogen-bond acceptors (Lipinski definition) is 3. The summed E-state index contributed by atoms with van der Waals surface area (Å²) in [6, 6.07) is 22.9. The molecule has 31 heavy (non-hydrogen) atoms. The number of aliphatic carboxylic acids is 1. The molecule has 4 heteroatoms. The van der Waals surface area contributed by atoms with Crippen molar-refractivity contribution in [3.63, 3.8) is 0 Å². The number of fused-ring (bicyclic) bond motifs is 1. The van der Waals surface area contributed by atoms with Gasteiger partial charge in [-0.25, -0.2) is 4.79 Å². The van der Waals surface area contributed by atoms with Gasteiger partial charge in [-0.3, -0.25) is 0 Å². The molecule has 3 aromatic rings. The lowest BCUT2D eigenvalue weighted by molar-refractivity contribution is -0.131. The minimum Gasteiger partial charge on any atom is -0.497 e. The molecule has 0 fully saturated rings. The second-order valence-electron chi connectivity index (χ2n) is 7.80. The molecular weight excluding hydrogens is 388 g/mol. The summed E-state index contributed by atoms with van der Waals surface area (Å²) in [6.07, 6.45) is 4.82. The summed E-state index contributed by atoms with van der Waals surface area (Å²) in [5.74, 6) is 1.34. The molecule has 3 aromatic carbocycles. The zero-order chi connectivity index (χ0) is 21.8. The van der Waals surface area contributed by atoms with Gasteiger partial charge in [-0.15, -0.1) is 0 Å². The smallest absolute Gasteiger partial charge is 0.328 e. The lowest BCUT2D eigenvalue weighted by Crippen LogP contribution is -2.20. The van der Waals surface area contributed by atoms with Gasteiger partial charge in [0, 0.05) is 12.0 Å². The van der Waals surface area contributed by atoms with Crippen molar-refractivity contribution >= 4 is 12.0 Å². The van der Waals surface area contributed by atoms with Gasteiger partial charge in [-0.2, -0.15) is 0 Å². The van der Waals surface area contributed by atoms with E-state index in [9.17, 15) is 4.79 Å². The first-order chi connectivity index (χ1) is 15.1. The SMILES string of the molecule is COc1ccc(C2CCc3cc(OC)ccc3C2c2ccc(C=CC(=O)O)cc2)cc1. The van der Waals surface area contributed by atoms with Crippen LogP contribution in [0.25, 0.3) is 6.08 Å². The zero-order valence-corrected chi connectivity index (χ0v) is 17.7. The van der Waals surface area contributed by atoms with E-state index in [1.54, 1.807) is 20.3 Å². The normalized spacial score (nSPS) is 17.9. The van der Waals surface area contributed by atoms with Gasteiger partial charge in [0.05, 0.1) is 14.2 Å². The molecule has 158 valence electrons. The average Bonchev–Trinajstić information content (AvgIpc) is 2.82. The summed E-state index contributed by atoms with van der Waals surface area (Å²) in [5, 5.41) is 8.88. The van der Waals surface area contributed by atoms with Crippen LogP contribution in [-0.4, -0.2) is 25.3 Å². The molecule has 0 saturated heterocycles. The summed E-state index contributed by atoms with van der Waals surface area (Å²) < 4.78 is 10.8. The molecule has 0 saturated carbocycles. The highest BCUT2D eigenvalue weighted by Gasteiger charge is 2.32. The van der Waals surface area contributed by atoms with E-state index in [4.69, 9.17) is 14.6 Å². The molecule has 0 aromatic heterocycles. The van der Waals surface area contributed by atoms with Crippen LogP contribution < -0.4 is 9.47 Å². The van der Waals surface area contributed by atoms with Crippen LogP contribution in [0.4, 0.5) is 0 Å². The van der Waals surface area contributed by atoms with Crippen molar-refractivity contribution in [2.24, 2.45) is 0 Å². The Bertz CT molecular complexity index is 1080. The van der Waals surface area contributed by atoms with Crippen molar-refractivity contribution in [3.8, 4) is 11.5 Å². The van der Waals surface area contributed by atoms with Crippen molar-refractivity contribution in [1.29, 1.82) is 0 Å². The largest absolute Gasteiger partial charge is 0.497 e. The molecule has 1 aliphatic carbocycles. The molecule has 4 nitrogen and oxygen atoms in total. The molecule has 0 spiro atoms. The maximum atomic E-state index is 10.8. The zero-order valence-electron chi connectivity index (χ0n) is 17.7. The van der Waals surface area contributed by atoms with E-state index in [1.165, 1.54) is 22.3 Å². The number of ether oxygens (including phenoxy) is 2. The van der Waals surface area contributed by atoms with Gasteiger partial charge in [-0.1, -0.05) is 42.5 Å². The van der Waals surface area contributed by atoms with Crippen LogP contribution in [0.5, 0.6) is 11.5 Å². The van der Waals surface area contributed by atoms with Gasteiger partial charge in [0.25, 0.3) is 0 Å². The number of rotatable bonds is 6. The lowest BCUT2D eigenvalue weighted by Gasteiger charge is -2.35. The Kier molecular flexibility index (Phi) is 6.08. The first kappa shape index (κ1) is 20.7. The molecule has 0 heterocycles. The number of carboxylic acids is 1. The molecule has 2 atom stereocenters. The van der Waals surface area contributed by atoms with E-state index in [0.29, 0.717) is 5.92 Å². The van der Waals surface area contributed by atoms with E-state index in [1.807, 2.05) is 30.3 Å². The standard InChI is InChI=1S/C27H26O4/c1-30-22-11-8-19(9-12-22)24-14-10-21-17-23(31-2)13-15-25(21)27(24)20-6-3-18(4-7-20)5-16-26(28)29/h3-9,11-13,15-17,24,27H,10,14H2,1-2H3,(H,28,29). The Labute approximate surface area is 182 Å². The number of aryl methyl sites for hydroxylation is 1. The molecule has 2 unspecified atom stereocenters. The topological polar surface area (TPSA) is 55.8 Å². The molecule has 4 rings (SSSR count). The molecule has 1 aliphatic rings. The number of carboxylic acid groups (broad SMARTS) is 1. The summed E-state index contributed by atoms with van der Waals surface area (Å²) in [4.78, 5) is 10.8. The van der Waals surface area contributed by atoms with Gasteiger partial charge < -0.3 is 14.6 Å². The molecule has 0 radical (unpaired) electrons. The fraction of sp³-hybridized carbons (Fsp3) is 0.222. The third-order valence-electron chi connectivity index (χ3n) is 6.07. The van der Waals surface area contributed by atoms with Gasteiger partial charge in [-0.05, 0) is 76.9 Å². The van der Waals surface area contributed by atoms with Crippen molar-refractivity contribution in [2.75, 3.05) is 14.2 Å². The van der Waals surface area contributed by atoms with Gasteiger partial charge in [0.2, 0.25) is 0 Å². The van der Waals surface area contributed by atoms with Crippen LogP contribution in [0.2, 0.25) is 0 Å². The van der Waals surface area contributed by atoms with Crippen molar-refractivity contribution < 1.29 is 19.4 Å². The van der Waals surface area contributed by atoms with E-state index in [-0.39, 0.29) is 5.92 Å². The predicted octanol–water partition coefficient (Wildman–Crippen LogP) is 5.66. The van der Waals surface area contributed by atoms with Crippen LogP contribution >= 0.6 is 0 Å². The van der Waals surface area contributed by atoms with Crippen molar-refractivity contribution in [3.05, 3.63) is 101 Å². The summed E-state index contributed by atoms with van der Waals surface area (Å²) in [5.41, 5.74) is 6.03. The fourth-order valence-corrected chi connectivity index (χ4v) is 4.53. The molecular formula is C27H26O4. The second-order valence-corrected chi connectivity index (χ2v) is 7.80. The van der Waals surface area contributed by atoms with E-state index in [0.717, 1.165) is 36.0 Å². The Morgan fingerprint density at radius 2 is 1.55 bits per heavy atom. The maximum absolute atomic E-state index is 10.8. The van der Waals surface area contributed by atoms with Crippen molar-refractivity contribution in [1.82, 2.24) is 0 Å². The monoisotopic (exact) mass is 414 g/mol. The van der Waals surface area contributed by atoms with Crippen LogP contribution in [0, 0.1) is 0 Å². The lowest BCUT2D eigenvalue weighted by atomic mass is 9.69. The van der Waals surface area contributed by atoms with E-state index >= 15 is 0 Å². The van der Waals surface area contributed by atoms with Gasteiger partial charge in [0.1, 0.15) is 11.5 Å². The number of hydrogen-bond donors (Lipinski definition) is 1. The van der Waals surface area contributed by atoms with Crippen LogP contribution in [0.15, 0.2) is 72.8 Å². The van der Waals surface area contributed by atoms with E-state index in [2.05, 4.69) is 36.4 Å². The van der Waals surface area contributed by atoms with Gasteiger partial charge in [0.15, 0.2) is 0 Å². The first-order valence-electron chi connectivity index (χ1n) is 10.4. The fourth-order valence-electron chi connectivity index (χ4n) is 4.53. The molecule has 0 bridgehead atoms. The highest BCUT2D eigenvalue weighted by atomic mass is 16.5. The average molecular weight is 415 g/mol. The molecule has 0 amide bonds. The Morgan fingerprint density at radius 1 is 0.903 bits per heavy atom. The van der Waals surface area contributed by atoms with Crippen LogP contribution in [-0.2, 0) is 11.2 Å². The number of benzene rings is 3. The van der Waals surface area contributed by atoms with Crippen LogP contribution in [0.3, 0.4) is 0 Å². The second kappa shape index (κ2) is 9.09. The minimum absolute atomic E-state index is 0.209. The number of carbonyl (C=O) groups is 1. The third-order valence-corrected chi connectivity index (χ3v) is 6.07. The number of methoxy groups -OCH3 is 2. The summed E-state index contributed by atoms with van der Waals surface area (Å²) in [7, 11) is 3.38. The van der Waals surface area contributed by atoms with Crippen LogP contribution in [0.1, 0.15) is 46.1 Å². The minimum atomic E-state index is -0.946. The Morgan fingerprint density at radius 3 is 2.19 bits per heavy atom. The summed E-state index contributed by atoms with van der Waals surface area (Å²) in [6.45, 7) is 0. The molecule has 0 aliphatic heterocycles. The van der Waals surface area contributed by atoms with Gasteiger partial charge >= 0.3 is 5.97 Å². The van der Waals surface area contributed by atoms with E-state index < -0.39 is 5.97 Å². The quantitative estimate of drug-likeness (QED) is 0.529. The highest BCUT2D eigenvalue weighted by molar-refractivity contribution is 5.85. The first-order valence-corrected chi connectivity index (χ1v) is 10.4. The highest BCUT2D eigenvalue weighted by Crippen LogP contribution is 2.47. The Balaban J connectivity index is 1.75. The van der Waals surface area contributed by atoms with Crippen molar-refractivity contribution in [2.45, 2.75) is 24.7 Å².